The van der Waals surface area contributed by atoms with Gasteiger partial charge in [-0.3, -0.25) is 4.79 Å². The van der Waals surface area contributed by atoms with Crippen LogP contribution in [-0.4, -0.2) is 47.2 Å². The Morgan fingerprint density at radius 3 is 2.60 bits per heavy atom. The summed E-state index contributed by atoms with van der Waals surface area (Å²) in [7, 11) is 0. The highest BCUT2D eigenvalue weighted by Crippen LogP contribution is 2.23. The van der Waals surface area contributed by atoms with Crippen LogP contribution in [0.2, 0.25) is 0 Å². The van der Waals surface area contributed by atoms with E-state index in [-0.39, 0.29) is 5.91 Å². The van der Waals surface area contributed by atoms with Crippen LogP contribution in [0.4, 0.5) is 5.82 Å². The molecule has 5 nitrogen and oxygen atoms in total. The summed E-state index contributed by atoms with van der Waals surface area (Å²) in [5.41, 5.74) is 3.54. The number of aromatic nitrogens is 2. The molecule has 1 amide bonds. The third kappa shape index (κ3) is 3.55. The zero-order valence-electron chi connectivity index (χ0n) is 14.3. The van der Waals surface area contributed by atoms with Crippen molar-refractivity contribution in [1.29, 1.82) is 0 Å². The highest BCUT2D eigenvalue weighted by atomic mass is 16.2. The molecule has 0 N–H and O–H groups in total. The molecule has 4 rings (SSSR count). The van der Waals surface area contributed by atoms with Gasteiger partial charge in [0.05, 0.1) is 5.69 Å². The number of aryl methyl sites for hydroxylation is 2. The van der Waals surface area contributed by atoms with Gasteiger partial charge in [0.25, 0.3) is 0 Å². The molecular weight excluding hydrogens is 312 g/mol. The molecule has 0 spiro atoms. The zero-order chi connectivity index (χ0) is 17.1. The largest absolute Gasteiger partial charge is 0.352 e. The number of fused-ring (bicyclic) bond motifs is 1. The van der Waals surface area contributed by atoms with Crippen molar-refractivity contribution in [3.05, 3.63) is 59.3 Å². The lowest BCUT2D eigenvalue weighted by Crippen LogP contribution is -2.48. The second kappa shape index (κ2) is 7.05. The maximum Gasteiger partial charge on any atom is 0.246 e. The van der Waals surface area contributed by atoms with E-state index in [4.69, 9.17) is 0 Å². The smallest absolute Gasteiger partial charge is 0.246 e. The Kier molecular flexibility index (Phi) is 4.46. The van der Waals surface area contributed by atoms with Crippen LogP contribution in [0.15, 0.2) is 42.5 Å². The van der Waals surface area contributed by atoms with Crippen molar-refractivity contribution in [2.24, 2.45) is 0 Å². The van der Waals surface area contributed by atoms with E-state index >= 15 is 0 Å². The summed E-state index contributed by atoms with van der Waals surface area (Å²) in [6.07, 6.45) is 6.89. The zero-order valence-corrected chi connectivity index (χ0v) is 14.3. The van der Waals surface area contributed by atoms with Gasteiger partial charge in [0, 0.05) is 32.3 Å². The van der Waals surface area contributed by atoms with Crippen molar-refractivity contribution in [2.75, 3.05) is 31.1 Å². The van der Waals surface area contributed by atoms with Crippen LogP contribution in [0.25, 0.3) is 6.08 Å². The number of hydrogen-bond acceptors (Lipinski definition) is 4. The molecule has 0 atom stereocenters. The topological polar surface area (TPSA) is 49.3 Å². The molecule has 128 valence electrons. The van der Waals surface area contributed by atoms with E-state index < -0.39 is 0 Å². The fraction of sp³-hybridized carbons (Fsp3) is 0.350. The number of amides is 1. The van der Waals surface area contributed by atoms with Gasteiger partial charge in [0.2, 0.25) is 5.91 Å². The molecule has 5 heteroatoms. The number of anilines is 1. The van der Waals surface area contributed by atoms with Gasteiger partial charge in [-0.15, -0.1) is 5.10 Å². The van der Waals surface area contributed by atoms with E-state index in [9.17, 15) is 4.79 Å². The molecule has 0 radical (unpaired) electrons. The van der Waals surface area contributed by atoms with Crippen molar-refractivity contribution in [3.63, 3.8) is 0 Å². The van der Waals surface area contributed by atoms with Gasteiger partial charge in [0.1, 0.15) is 0 Å². The van der Waals surface area contributed by atoms with Crippen LogP contribution < -0.4 is 4.90 Å². The molecule has 1 aromatic heterocycles. The fourth-order valence-corrected chi connectivity index (χ4v) is 3.46. The minimum absolute atomic E-state index is 0.0727. The van der Waals surface area contributed by atoms with Crippen molar-refractivity contribution in [2.45, 2.75) is 19.3 Å². The molecule has 2 aliphatic rings. The van der Waals surface area contributed by atoms with Crippen LogP contribution in [0, 0.1) is 0 Å². The van der Waals surface area contributed by atoms with E-state index in [2.05, 4.69) is 21.2 Å². The van der Waals surface area contributed by atoms with Gasteiger partial charge in [-0.25, -0.2) is 0 Å². The average Bonchev–Trinajstić information content (AvgIpc) is 3.15. The first kappa shape index (κ1) is 15.8. The van der Waals surface area contributed by atoms with Crippen LogP contribution in [0.1, 0.15) is 23.2 Å². The number of nitrogens with zero attached hydrogens (tertiary/aromatic N) is 4. The van der Waals surface area contributed by atoms with Gasteiger partial charge in [-0.2, -0.15) is 5.10 Å². The molecule has 1 aliphatic carbocycles. The maximum atomic E-state index is 12.4. The number of rotatable bonds is 3. The van der Waals surface area contributed by atoms with E-state index in [1.54, 1.807) is 6.08 Å². The molecule has 0 bridgehead atoms. The van der Waals surface area contributed by atoms with Crippen LogP contribution >= 0.6 is 0 Å². The Bertz CT molecular complexity index is 780. The predicted molar refractivity (Wildman–Crippen MR) is 98.3 cm³/mol. The molecule has 2 aromatic rings. The molecular formula is C20H22N4O. The monoisotopic (exact) mass is 334 g/mol. The molecule has 0 saturated carbocycles. The standard InChI is InChI=1S/C20H22N4O/c25-20(10-9-16-5-2-1-3-6-16)24-13-11-23(12-14-24)19-15-17-7-4-8-18(17)21-22-19/h1-3,5-6,9-10,15H,4,7-8,11-14H2/b10-9+. The van der Waals surface area contributed by atoms with E-state index in [1.165, 1.54) is 12.0 Å². The summed E-state index contributed by atoms with van der Waals surface area (Å²) in [5.74, 6) is 1.02. The number of carbonyl (C=O) groups is 1. The quantitative estimate of drug-likeness (QED) is 0.809. The Morgan fingerprint density at radius 2 is 1.80 bits per heavy atom. The van der Waals surface area contributed by atoms with Crippen molar-refractivity contribution in [3.8, 4) is 0 Å². The Hall–Kier alpha value is -2.69. The number of hydrogen-bond donors (Lipinski definition) is 0. The van der Waals surface area contributed by atoms with Crippen LogP contribution in [0.3, 0.4) is 0 Å². The second-order valence-corrected chi connectivity index (χ2v) is 6.58. The maximum absolute atomic E-state index is 12.4. The number of carbonyl (C=O) groups excluding carboxylic acids is 1. The predicted octanol–water partition coefficient (Wildman–Crippen LogP) is 2.33. The summed E-state index contributed by atoms with van der Waals surface area (Å²) < 4.78 is 0. The van der Waals surface area contributed by atoms with Gasteiger partial charge in [-0.05, 0) is 42.5 Å². The summed E-state index contributed by atoms with van der Waals surface area (Å²) in [4.78, 5) is 16.5. The summed E-state index contributed by atoms with van der Waals surface area (Å²) >= 11 is 0. The highest BCUT2D eigenvalue weighted by Gasteiger charge is 2.22. The van der Waals surface area contributed by atoms with Crippen molar-refractivity contribution in [1.82, 2.24) is 15.1 Å². The molecule has 1 saturated heterocycles. The Balaban J connectivity index is 1.35. The molecule has 1 fully saturated rings. The van der Waals surface area contributed by atoms with Gasteiger partial charge < -0.3 is 9.80 Å². The van der Waals surface area contributed by atoms with E-state index in [0.717, 1.165) is 56.1 Å². The minimum Gasteiger partial charge on any atom is -0.352 e. The van der Waals surface area contributed by atoms with Crippen LogP contribution in [0.5, 0.6) is 0 Å². The highest BCUT2D eigenvalue weighted by molar-refractivity contribution is 5.91. The van der Waals surface area contributed by atoms with Crippen LogP contribution in [-0.2, 0) is 17.6 Å². The lowest BCUT2D eigenvalue weighted by Gasteiger charge is -2.34. The lowest BCUT2D eigenvalue weighted by atomic mass is 10.2. The number of benzene rings is 1. The van der Waals surface area contributed by atoms with Gasteiger partial charge >= 0.3 is 0 Å². The van der Waals surface area contributed by atoms with Gasteiger partial charge in [-0.1, -0.05) is 30.3 Å². The first-order valence-electron chi connectivity index (χ1n) is 8.92. The summed E-state index contributed by atoms with van der Waals surface area (Å²) in [5, 5.41) is 8.75. The molecule has 0 unspecified atom stereocenters. The third-order valence-corrected chi connectivity index (χ3v) is 4.94. The summed E-state index contributed by atoms with van der Waals surface area (Å²) in [6.45, 7) is 3.05. The van der Waals surface area contributed by atoms with Gasteiger partial charge in [0.15, 0.2) is 5.82 Å². The average molecular weight is 334 g/mol. The molecule has 2 heterocycles. The van der Waals surface area contributed by atoms with Crippen molar-refractivity contribution < 1.29 is 4.79 Å². The normalized spacial score (nSPS) is 17.1. The molecule has 1 aliphatic heterocycles. The summed E-state index contributed by atoms with van der Waals surface area (Å²) in [6, 6.07) is 12.1. The Labute approximate surface area is 148 Å². The second-order valence-electron chi connectivity index (χ2n) is 6.58. The first-order chi connectivity index (χ1) is 12.3. The fourth-order valence-electron chi connectivity index (χ4n) is 3.46. The number of piperazine rings is 1. The SMILES string of the molecule is O=C(/C=C/c1ccccc1)N1CCN(c2cc3c(nn2)CCC3)CC1. The minimum atomic E-state index is 0.0727. The lowest BCUT2D eigenvalue weighted by molar-refractivity contribution is -0.126. The van der Waals surface area contributed by atoms with Crippen molar-refractivity contribution >= 4 is 17.8 Å². The molecule has 1 aromatic carbocycles. The van der Waals surface area contributed by atoms with E-state index in [0.29, 0.717) is 0 Å². The first-order valence-corrected chi connectivity index (χ1v) is 8.92. The third-order valence-electron chi connectivity index (χ3n) is 4.94. The Morgan fingerprint density at radius 1 is 1.00 bits per heavy atom. The van der Waals surface area contributed by atoms with E-state index in [1.807, 2.05) is 41.3 Å². The molecule has 25 heavy (non-hydrogen) atoms.